The van der Waals surface area contributed by atoms with Gasteiger partial charge in [0.2, 0.25) is 4.96 Å². The van der Waals surface area contributed by atoms with E-state index in [0.717, 1.165) is 20.3 Å². The normalized spacial score (nSPS) is 12.8. The molecule has 7 heteroatoms. The fourth-order valence-electron chi connectivity index (χ4n) is 2.49. The molecule has 0 aliphatic carbocycles. The summed E-state index contributed by atoms with van der Waals surface area (Å²) >= 11 is 8.89. The van der Waals surface area contributed by atoms with E-state index in [1.54, 1.807) is 35.6 Å². The fraction of sp³-hybridized carbons (Fsp3) is 0.118. The zero-order valence-electron chi connectivity index (χ0n) is 12.6. The van der Waals surface area contributed by atoms with Gasteiger partial charge in [-0.25, -0.2) is 0 Å². The van der Waals surface area contributed by atoms with Crippen LogP contribution in [-0.4, -0.2) is 25.6 Å². The molecule has 0 fully saturated rings. The molecule has 4 nitrogen and oxygen atoms in total. The number of thioether (sulfide) groups is 1. The molecule has 2 aromatic carbocycles. The Morgan fingerprint density at radius 2 is 1.92 bits per heavy atom. The van der Waals surface area contributed by atoms with Gasteiger partial charge in [-0.05, 0) is 43.3 Å². The Labute approximate surface area is 151 Å². The molecule has 0 spiro atoms. The predicted molar refractivity (Wildman–Crippen MR) is 99.5 cm³/mol. The first-order chi connectivity index (χ1) is 11.6. The van der Waals surface area contributed by atoms with Crippen molar-refractivity contribution in [2.45, 2.75) is 17.3 Å². The first-order valence-corrected chi connectivity index (χ1v) is 9.40. The van der Waals surface area contributed by atoms with E-state index in [-0.39, 0.29) is 11.0 Å². The van der Waals surface area contributed by atoms with E-state index in [4.69, 9.17) is 11.6 Å². The Morgan fingerprint density at radius 3 is 2.71 bits per heavy atom. The maximum Gasteiger partial charge on any atom is 0.217 e. The lowest BCUT2D eigenvalue weighted by Gasteiger charge is -2.09. The zero-order chi connectivity index (χ0) is 16.7. The minimum Gasteiger partial charge on any atom is -0.293 e. The topological polar surface area (TPSA) is 47.3 Å². The number of hydrogen-bond donors (Lipinski definition) is 0. The van der Waals surface area contributed by atoms with E-state index in [9.17, 15) is 4.79 Å². The van der Waals surface area contributed by atoms with Gasteiger partial charge in [-0.15, -0.1) is 10.2 Å². The second kappa shape index (κ2) is 6.20. The number of carbonyl (C=O) groups is 1. The van der Waals surface area contributed by atoms with Crippen LogP contribution >= 0.6 is 34.7 Å². The van der Waals surface area contributed by atoms with Gasteiger partial charge in [-0.2, -0.15) is 0 Å². The molecule has 0 saturated heterocycles. The van der Waals surface area contributed by atoms with Crippen molar-refractivity contribution in [2.75, 3.05) is 0 Å². The third-order valence-corrected chi connectivity index (χ3v) is 6.00. The molecular formula is C17H12ClN3OS2. The van der Waals surface area contributed by atoms with Gasteiger partial charge in [0.15, 0.2) is 10.9 Å². The summed E-state index contributed by atoms with van der Waals surface area (Å²) in [5.41, 5.74) is 1.71. The summed E-state index contributed by atoms with van der Waals surface area (Å²) in [4.78, 5) is 13.4. The summed E-state index contributed by atoms with van der Waals surface area (Å²) in [5.74, 6) is 0.0490. The number of thiazole rings is 1. The van der Waals surface area contributed by atoms with Gasteiger partial charge in [-0.3, -0.25) is 9.20 Å². The van der Waals surface area contributed by atoms with Crippen molar-refractivity contribution in [1.82, 2.24) is 14.6 Å². The lowest BCUT2D eigenvalue weighted by Crippen LogP contribution is -2.13. The van der Waals surface area contributed by atoms with Crippen LogP contribution in [0.1, 0.15) is 17.3 Å². The maximum atomic E-state index is 12.6. The first kappa shape index (κ1) is 15.6. The highest BCUT2D eigenvalue weighted by Crippen LogP contribution is 2.31. The molecule has 0 amide bonds. The van der Waals surface area contributed by atoms with Crippen molar-refractivity contribution in [3.05, 3.63) is 59.1 Å². The largest absolute Gasteiger partial charge is 0.293 e. The van der Waals surface area contributed by atoms with Gasteiger partial charge in [0.25, 0.3) is 0 Å². The van der Waals surface area contributed by atoms with Crippen LogP contribution in [0.5, 0.6) is 0 Å². The van der Waals surface area contributed by atoms with Crippen molar-refractivity contribution >= 4 is 55.7 Å². The van der Waals surface area contributed by atoms with Gasteiger partial charge < -0.3 is 0 Å². The molecule has 0 aliphatic rings. The SMILES string of the molecule is CC(Sc1nnc2sc3ccccc3n12)C(=O)c1ccc(Cl)cc1. The first-order valence-electron chi connectivity index (χ1n) is 7.32. The molecule has 0 aliphatic heterocycles. The summed E-state index contributed by atoms with van der Waals surface area (Å²) in [6.45, 7) is 1.89. The molecular weight excluding hydrogens is 362 g/mol. The minimum atomic E-state index is -0.266. The average molecular weight is 374 g/mol. The number of para-hydroxylation sites is 1. The monoisotopic (exact) mass is 373 g/mol. The number of benzene rings is 2. The highest BCUT2D eigenvalue weighted by atomic mass is 35.5. The predicted octanol–water partition coefficient (Wildman–Crippen LogP) is 4.96. The molecule has 0 N–H and O–H groups in total. The Hall–Kier alpha value is -1.89. The third kappa shape index (κ3) is 2.70. The minimum absolute atomic E-state index is 0.0490. The molecule has 120 valence electrons. The number of fused-ring (bicyclic) bond motifs is 3. The third-order valence-electron chi connectivity index (χ3n) is 3.69. The molecule has 24 heavy (non-hydrogen) atoms. The number of aromatic nitrogens is 3. The summed E-state index contributed by atoms with van der Waals surface area (Å²) in [6.07, 6.45) is 0. The van der Waals surface area contributed by atoms with E-state index in [0.29, 0.717) is 10.6 Å². The van der Waals surface area contributed by atoms with Crippen LogP contribution in [-0.2, 0) is 0 Å². The van der Waals surface area contributed by atoms with Crippen molar-refractivity contribution < 1.29 is 4.79 Å². The van der Waals surface area contributed by atoms with E-state index >= 15 is 0 Å². The average Bonchev–Trinajstić information content (AvgIpc) is 3.14. The molecule has 4 aromatic rings. The van der Waals surface area contributed by atoms with Crippen molar-refractivity contribution in [2.24, 2.45) is 0 Å². The van der Waals surface area contributed by atoms with Crippen LogP contribution in [0.2, 0.25) is 5.02 Å². The summed E-state index contributed by atoms with van der Waals surface area (Å²) in [6, 6.07) is 15.1. The standard InChI is InChI=1S/C17H12ClN3OS2/c1-10(15(22)11-6-8-12(18)9-7-11)23-16-19-20-17-21(16)13-4-2-3-5-14(13)24-17/h2-10H,1H3. The lowest BCUT2D eigenvalue weighted by molar-refractivity contribution is 0.0994. The molecule has 2 heterocycles. The highest BCUT2D eigenvalue weighted by molar-refractivity contribution is 8.00. The van der Waals surface area contributed by atoms with Gasteiger partial charge >= 0.3 is 0 Å². The molecule has 4 rings (SSSR count). The molecule has 0 saturated carbocycles. The van der Waals surface area contributed by atoms with Gasteiger partial charge in [0, 0.05) is 10.6 Å². The molecule has 0 bridgehead atoms. The summed E-state index contributed by atoms with van der Waals surface area (Å²) in [7, 11) is 0. The fourth-order valence-corrected chi connectivity index (χ4v) is 4.58. The quantitative estimate of drug-likeness (QED) is 0.374. The van der Waals surface area contributed by atoms with Crippen molar-refractivity contribution in [3.63, 3.8) is 0 Å². The Kier molecular flexibility index (Phi) is 4.04. The number of hydrogen-bond acceptors (Lipinski definition) is 5. The van der Waals surface area contributed by atoms with Crippen molar-refractivity contribution in [1.29, 1.82) is 0 Å². The van der Waals surface area contributed by atoms with E-state index in [1.165, 1.54) is 11.8 Å². The second-order valence-electron chi connectivity index (χ2n) is 5.30. The Morgan fingerprint density at radius 1 is 1.17 bits per heavy atom. The van der Waals surface area contributed by atoms with Crippen molar-refractivity contribution in [3.8, 4) is 0 Å². The Bertz CT molecular complexity index is 1040. The van der Waals surface area contributed by atoms with Crippen LogP contribution in [0.3, 0.4) is 0 Å². The molecule has 1 unspecified atom stereocenters. The number of halogens is 1. The van der Waals surface area contributed by atoms with Crippen LogP contribution < -0.4 is 0 Å². The zero-order valence-corrected chi connectivity index (χ0v) is 15.0. The van der Waals surface area contributed by atoms with Crippen LogP contribution in [0.15, 0.2) is 53.7 Å². The number of Topliss-reactive ketones (excluding diaryl/α,β-unsaturated/α-hetero) is 1. The number of rotatable bonds is 4. The lowest BCUT2D eigenvalue weighted by atomic mass is 10.1. The van der Waals surface area contributed by atoms with Gasteiger partial charge in [0.1, 0.15) is 0 Å². The van der Waals surface area contributed by atoms with Gasteiger partial charge in [-0.1, -0.05) is 46.8 Å². The van der Waals surface area contributed by atoms with Crippen LogP contribution in [0, 0.1) is 0 Å². The number of nitrogens with zero attached hydrogens (tertiary/aromatic N) is 3. The molecule has 1 atom stereocenters. The Balaban J connectivity index is 1.66. The molecule has 2 aromatic heterocycles. The van der Waals surface area contributed by atoms with E-state index < -0.39 is 0 Å². The van der Waals surface area contributed by atoms with E-state index in [1.807, 2.05) is 29.5 Å². The number of carbonyl (C=O) groups excluding carboxylic acids is 1. The smallest absolute Gasteiger partial charge is 0.217 e. The maximum absolute atomic E-state index is 12.6. The van der Waals surface area contributed by atoms with Crippen LogP contribution in [0.25, 0.3) is 15.2 Å². The highest BCUT2D eigenvalue weighted by Gasteiger charge is 2.21. The number of ketones is 1. The second-order valence-corrected chi connectivity index (χ2v) is 8.06. The molecule has 0 radical (unpaired) electrons. The summed E-state index contributed by atoms with van der Waals surface area (Å²) < 4.78 is 3.16. The van der Waals surface area contributed by atoms with Crippen LogP contribution in [0.4, 0.5) is 0 Å². The summed E-state index contributed by atoms with van der Waals surface area (Å²) in [5, 5.41) is 9.57. The van der Waals surface area contributed by atoms with E-state index in [2.05, 4.69) is 16.3 Å². The van der Waals surface area contributed by atoms with Gasteiger partial charge in [0.05, 0.1) is 15.5 Å².